The SMILES string of the molecule is CCCNC(=O)CN1CCC(NC(=O)C2CC(F)(F)CN2)CC1. The number of hydrogen-bond acceptors (Lipinski definition) is 4. The highest BCUT2D eigenvalue weighted by atomic mass is 19.3. The fourth-order valence-corrected chi connectivity index (χ4v) is 2.96. The lowest BCUT2D eigenvalue weighted by molar-refractivity contribution is -0.125. The maximum Gasteiger partial charge on any atom is 0.262 e. The smallest absolute Gasteiger partial charge is 0.262 e. The molecule has 2 rings (SSSR count). The topological polar surface area (TPSA) is 73.5 Å². The third-order valence-electron chi connectivity index (χ3n) is 4.30. The highest BCUT2D eigenvalue weighted by molar-refractivity contribution is 5.82. The van der Waals surface area contributed by atoms with Crippen molar-refractivity contribution in [2.24, 2.45) is 0 Å². The van der Waals surface area contributed by atoms with Gasteiger partial charge < -0.3 is 10.6 Å². The number of amides is 2. The number of rotatable bonds is 6. The molecule has 2 heterocycles. The minimum absolute atomic E-state index is 0.00604. The van der Waals surface area contributed by atoms with Gasteiger partial charge in [0.05, 0.1) is 19.1 Å². The molecule has 8 heteroatoms. The highest BCUT2D eigenvalue weighted by Gasteiger charge is 2.42. The minimum Gasteiger partial charge on any atom is -0.355 e. The molecule has 2 fully saturated rings. The Hall–Kier alpha value is -1.28. The van der Waals surface area contributed by atoms with Crippen LogP contribution in [0.15, 0.2) is 0 Å². The van der Waals surface area contributed by atoms with E-state index in [1.807, 2.05) is 6.92 Å². The van der Waals surface area contributed by atoms with Gasteiger partial charge in [-0.05, 0) is 19.3 Å². The Morgan fingerprint density at radius 1 is 1.30 bits per heavy atom. The van der Waals surface area contributed by atoms with Crippen molar-refractivity contribution in [2.45, 2.75) is 50.6 Å². The summed E-state index contributed by atoms with van der Waals surface area (Å²) in [5.74, 6) is -3.12. The maximum atomic E-state index is 13.1. The largest absolute Gasteiger partial charge is 0.355 e. The first-order chi connectivity index (χ1) is 10.9. The molecule has 2 amide bonds. The number of halogens is 2. The second kappa shape index (κ2) is 8.01. The van der Waals surface area contributed by atoms with Gasteiger partial charge in [-0.3, -0.25) is 19.8 Å². The van der Waals surface area contributed by atoms with Gasteiger partial charge in [0.1, 0.15) is 0 Å². The number of likely N-dealkylation sites (tertiary alicyclic amines) is 1. The van der Waals surface area contributed by atoms with E-state index in [9.17, 15) is 18.4 Å². The Morgan fingerprint density at radius 3 is 2.57 bits per heavy atom. The van der Waals surface area contributed by atoms with Crippen molar-refractivity contribution in [1.29, 1.82) is 0 Å². The zero-order valence-corrected chi connectivity index (χ0v) is 13.5. The van der Waals surface area contributed by atoms with Crippen LogP contribution in [0.1, 0.15) is 32.6 Å². The van der Waals surface area contributed by atoms with Crippen molar-refractivity contribution in [1.82, 2.24) is 20.9 Å². The highest BCUT2D eigenvalue weighted by Crippen LogP contribution is 2.25. The average Bonchev–Trinajstić information content (AvgIpc) is 2.87. The fourth-order valence-electron chi connectivity index (χ4n) is 2.96. The lowest BCUT2D eigenvalue weighted by Gasteiger charge is -2.32. The number of carbonyl (C=O) groups excluding carboxylic acids is 2. The van der Waals surface area contributed by atoms with Gasteiger partial charge in [0.2, 0.25) is 11.8 Å². The zero-order valence-electron chi connectivity index (χ0n) is 13.5. The van der Waals surface area contributed by atoms with Crippen molar-refractivity contribution >= 4 is 11.8 Å². The molecule has 132 valence electrons. The molecule has 0 bridgehead atoms. The minimum atomic E-state index is -2.79. The first-order valence-electron chi connectivity index (χ1n) is 8.30. The van der Waals surface area contributed by atoms with Crippen LogP contribution in [-0.4, -0.2) is 67.4 Å². The van der Waals surface area contributed by atoms with E-state index in [-0.39, 0.29) is 17.9 Å². The molecule has 0 aromatic carbocycles. The summed E-state index contributed by atoms with van der Waals surface area (Å²) in [6, 6.07) is -0.809. The molecule has 2 saturated heterocycles. The van der Waals surface area contributed by atoms with Crippen LogP contribution in [0.4, 0.5) is 8.78 Å². The van der Waals surface area contributed by atoms with Crippen LogP contribution in [0.2, 0.25) is 0 Å². The standard InChI is InChI=1S/C15H26F2N4O2/c1-2-5-18-13(22)9-21-6-3-11(4-7-21)20-14(23)12-8-15(16,17)10-19-12/h11-12,19H,2-10H2,1H3,(H,18,22)(H,20,23). The van der Waals surface area contributed by atoms with Gasteiger partial charge in [0.15, 0.2) is 0 Å². The number of piperidine rings is 1. The first kappa shape index (κ1) is 18.1. The Morgan fingerprint density at radius 2 is 2.00 bits per heavy atom. The Bertz CT molecular complexity index is 426. The van der Waals surface area contributed by atoms with Gasteiger partial charge in [0.25, 0.3) is 5.92 Å². The van der Waals surface area contributed by atoms with Crippen molar-refractivity contribution in [3.8, 4) is 0 Å². The molecular formula is C15H26F2N4O2. The van der Waals surface area contributed by atoms with Crippen molar-refractivity contribution in [3.63, 3.8) is 0 Å². The summed E-state index contributed by atoms with van der Waals surface area (Å²) in [5.41, 5.74) is 0. The van der Waals surface area contributed by atoms with Crippen molar-refractivity contribution in [2.75, 3.05) is 32.7 Å². The maximum absolute atomic E-state index is 13.1. The lowest BCUT2D eigenvalue weighted by Crippen LogP contribution is -2.50. The molecule has 0 saturated carbocycles. The van der Waals surface area contributed by atoms with Gasteiger partial charge in [-0.2, -0.15) is 0 Å². The van der Waals surface area contributed by atoms with E-state index < -0.39 is 24.9 Å². The number of hydrogen-bond donors (Lipinski definition) is 3. The van der Waals surface area contributed by atoms with Crippen molar-refractivity contribution in [3.05, 3.63) is 0 Å². The van der Waals surface area contributed by atoms with Crippen LogP contribution in [0.25, 0.3) is 0 Å². The normalized spacial score (nSPS) is 25.3. The first-order valence-corrected chi connectivity index (χ1v) is 8.30. The van der Waals surface area contributed by atoms with Crippen LogP contribution >= 0.6 is 0 Å². The molecule has 2 aliphatic heterocycles. The molecular weight excluding hydrogens is 306 g/mol. The number of nitrogens with zero attached hydrogens (tertiary/aromatic N) is 1. The second-order valence-electron chi connectivity index (χ2n) is 6.40. The van der Waals surface area contributed by atoms with Crippen LogP contribution in [0, 0.1) is 0 Å². The van der Waals surface area contributed by atoms with Crippen LogP contribution < -0.4 is 16.0 Å². The molecule has 3 N–H and O–H groups in total. The lowest BCUT2D eigenvalue weighted by atomic mass is 10.0. The predicted octanol–water partition coefficient (Wildman–Crippen LogP) is 0.0904. The average molecular weight is 332 g/mol. The quantitative estimate of drug-likeness (QED) is 0.645. The van der Waals surface area contributed by atoms with Crippen LogP contribution in [-0.2, 0) is 9.59 Å². The summed E-state index contributed by atoms with van der Waals surface area (Å²) >= 11 is 0. The van der Waals surface area contributed by atoms with Gasteiger partial charge in [0, 0.05) is 32.1 Å². The molecule has 23 heavy (non-hydrogen) atoms. The molecule has 0 radical (unpaired) electrons. The fraction of sp³-hybridized carbons (Fsp3) is 0.867. The number of nitrogens with one attached hydrogen (secondary N) is 3. The van der Waals surface area contributed by atoms with E-state index in [0.717, 1.165) is 32.4 Å². The van der Waals surface area contributed by atoms with E-state index in [1.54, 1.807) is 0 Å². The molecule has 6 nitrogen and oxygen atoms in total. The number of carbonyl (C=O) groups is 2. The molecule has 1 unspecified atom stereocenters. The molecule has 0 aliphatic carbocycles. The zero-order chi connectivity index (χ0) is 16.9. The summed E-state index contributed by atoms with van der Waals surface area (Å²) in [7, 11) is 0. The van der Waals surface area contributed by atoms with E-state index >= 15 is 0 Å². The summed E-state index contributed by atoms with van der Waals surface area (Å²) < 4.78 is 26.2. The van der Waals surface area contributed by atoms with Crippen LogP contribution in [0.5, 0.6) is 0 Å². The monoisotopic (exact) mass is 332 g/mol. The van der Waals surface area contributed by atoms with Gasteiger partial charge >= 0.3 is 0 Å². The van der Waals surface area contributed by atoms with Gasteiger partial charge in [-0.1, -0.05) is 6.92 Å². The Balaban J connectivity index is 1.66. The van der Waals surface area contributed by atoms with Gasteiger partial charge in [-0.25, -0.2) is 8.78 Å². The summed E-state index contributed by atoms with van der Waals surface area (Å²) in [4.78, 5) is 25.7. The summed E-state index contributed by atoms with van der Waals surface area (Å²) in [5, 5.41) is 8.25. The molecule has 2 aliphatic rings. The molecule has 0 aromatic rings. The Kier molecular flexibility index (Phi) is 6.29. The van der Waals surface area contributed by atoms with E-state index in [4.69, 9.17) is 0 Å². The number of alkyl halides is 2. The molecule has 1 atom stereocenters. The van der Waals surface area contributed by atoms with Crippen molar-refractivity contribution < 1.29 is 18.4 Å². The van der Waals surface area contributed by atoms with Gasteiger partial charge in [-0.15, -0.1) is 0 Å². The van der Waals surface area contributed by atoms with Crippen LogP contribution in [0.3, 0.4) is 0 Å². The van der Waals surface area contributed by atoms with E-state index in [1.165, 1.54) is 0 Å². The second-order valence-corrected chi connectivity index (χ2v) is 6.40. The Labute approximate surface area is 135 Å². The van der Waals surface area contributed by atoms with E-state index in [2.05, 4.69) is 20.9 Å². The summed E-state index contributed by atoms with van der Waals surface area (Å²) in [6.07, 6.45) is 1.94. The van der Waals surface area contributed by atoms with E-state index in [0.29, 0.717) is 13.1 Å². The summed E-state index contributed by atoms with van der Waals surface area (Å²) in [6.45, 7) is 4.07. The molecule has 0 aromatic heterocycles. The predicted molar refractivity (Wildman–Crippen MR) is 82.3 cm³/mol. The third-order valence-corrected chi connectivity index (χ3v) is 4.30. The molecule has 0 spiro atoms. The third kappa shape index (κ3) is 5.69.